The molecule has 0 radical (unpaired) electrons. The van der Waals surface area contributed by atoms with Crippen LogP contribution in [0.3, 0.4) is 0 Å². The molecule has 2 rings (SSSR count). The number of benzene rings is 2. The summed E-state index contributed by atoms with van der Waals surface area (Å²) in [6.07, 6.45) is 0. The molecule has 0 aromatic heterocycles. The van der Waals surface area contributed by atoms with Gasteiger partial charge in [0.25, 0.3) is 0 Å². The molecule has 0 fully saturated rings. The number of hydrogen-bond donors (Lipinski definition) is 2. The molecule has 0 saturated heterocycles. The molecule has 0 aliphatic carbocycles. The van der Waals surface area contributed by atoms with E-state index in [4.69, 9.17) is 10.5 Å². The van der Waals surface area contributed by atoms with Crippen molar-refractivity contribution in [2.75, 3.05) is 24.2 Å². The van der Waals surface area contributed by atoms with Crippen molar-refractivity contribution < 1.29 is 4.74 Å². The van der Waals surface area contributed by atoms with Gasteiger partial charge in [-0.2, -0.15) is 0 Å². The lowest BCUT2D eigenvalue weighted by molar-refractivity contribution is 0.333. The molecule has 94 valence electrons. The molecule has 0 saturated carbocycles. The monoisotopic (exact) mass is 242 g/mol. The van der Waals surface area contributed by atoms with Gasteiger partial charge in [-0.15, -0.1) is 0 Å². The first kappa shape index (κ1) is 12.3. The highest BCUT2D eigenvalue weighted by molar-refractivity contribution is 5.69. The van der Waals surface area contributed by atoms with Gasteiger partial charge in [0, 0.05) is 6.54 Å². The molecule has 0 unspecified atom stereocenters. The number of anilines is 2. The van der Waals surface area contributed by atoms with Gasteiger partial charge in [-0.05, 0) is 30.7 Å². The number of nitrogen functional groups attached to an aromatic ring is 1. The summed E-state index contributed by atoms with van der Waals surface area (Å²) in [5.74, 6) is 0.886. The van der Waals surface area contributed by atoms with E-state index in [0.717, 1.165) is 29.2 Å². The first-order chi connectivity index (χ1) is 8.77. The highest BCUT2D eigenvalue weighted by atomic mass is 16.5. The average Bonchev–Trinajstić information content (AvgIpc) is 2.38. The van der Waals surface area contributed by atoms with E-state index < -0.39 is 0 Å². The zero-order valence-electron chi connectivity index (χ0n) is 10.5. The molecule has 2 aromatic rings. The van der Waals surface area contributed by atoms with E-state index in [1.807, 2.05) is 55.5 Å². The number of para-hydroxylation sites is 2. The van der Waals surface area contributed by atoms with Crippen LogP contribution >= 0.6 is 0 Å². The number of nitrogens with two attached hydrogens (primary N) is 1. The third-order valence-electron chi connectivity index (χ3n) is 2.72. The molecule has 0 atom stereocenters. The van der Waals surface area contributed by atoms with Crippen LogP contribution in [0.4, 0.5) is 11.4 Å². The Bertz CT molecular complexity index is 477. The summed E-state index contributed by atoms with van der Waals surface area (Å²) >= 11 is 0. The van der Waals surface area contributed by atoms with E-state index in [9.17, 15) is 0 Å². The van der Waals surface area contributed by atoms with Gasteiger partial charge in [0.2, 0.25) is 0 Å². The van der Waals surface area contributed by atoms with Gasteiger partial charge in [0.05, 0.1) is 11.4 Å². The fraction of sp³-hybridized carbons (Fsp3) is 0.200. The Hall–Kier alpha value is -2.16. The van der Waals surface area contributed by atoms with Crippen molar-refractivity contribution in [2.24, 2.45) is 0 Å². The number of hydrogen-bond acceptors (Lipinski definition) is 3. The predicted octanol–water partition coefficient (Wildman–Crippen LogP) is 3.07. The number of aryl methyl sites for hydroxylation is 1. The second kappa shape index (κ2) is 5.96. The van der Waals surface area contributed by atoms with Crippen LogP contribution in [-0.2, 0) is 0 Å². The minimum absolute atomic E-state index is 0.609. The van der Waals surface area contributed by atoms with Gasteiger partial charge in [0.1, 0.15) is 12.4 Å². The topological polar surface area (TPSA) is 47.3 Å². The summed E-state index contributed by atoms with van der Waals surface area (Å²) in [5, 5.41) is 3.30. The quantitative estimate of drug-likeness (QED) is 0.625. The standard InChI is InChI=1S/C15H18N2O/c1-12-6-5-9-14(16)15(12)17-10-11-18-13-7-3-2-4-8-13/h2-9,17H,10-11,16H2,1H3. The van der Waals surface area contributed by atoms with Crippen molar-refractivity contribution in [1.29, 1.82) is 0 Å². The van der Waals surface area contributed by atoms with Crippen molar-refractivity contribution >= 4 is 11.4 Å². The van der Waals surface area contributed by atoms with Gasteiger partial charge in [0.15, 0.2) is 0 Å². The summed E-state index contributed by atoms with van der Waals surface area (Å²) in [5.41, 5.74) is 8.83. The molecule has 18 heavy (non-hydrogen) atoms. The summed E-state index contributed by atoms with van der Waals surface area (Å²) in [6, 6.07) is 15.7. The van der Waals surface area contributed by atoms with Gasteiger partial charge >= 0.3 is 0 Å². The first-order valence-electron chi connectivity index (χ1n) is 6.04. The maximum Gasteiger partial charge on any atom is 0.119 e. The summed E-state index contributed by atoms with van der Waals surface area (Å²) < 4.78 is 5.60. The van der Waals surface area contributed by atoms with Crippen molar-refractivity contribution in [3.8, 4) is 5.75 Å². The van der Waals surface area contributed by atoms with Crippen molar-refractivity contribution in [3.63, 3.8) is 0 Å². The molecule has 0 aliphatic heterocycles. The first-order valence-corrected chi connectivity index (χ1v) is 6.04. The largest absolute Gasteiger partial charge is 0.492 e. The molecule has 3 nitrogen and oxygen atoms in total. The molecule has 3 heteroatoms. The van der Waals surface area contributed by atoms with Crippen molar-refractivity contribution in [1.82, 2.24) is 0 Å². The lowest BCUT2D eigenvalue weighted by atomic mass is 10.1. The molecule has 0 heterocycles. The van der Waals surface area contributed by atoms with Crippen LogP contribution < -0.4 is 15.8 Å². The maximum absolute atomic E-state index is 5.91. The second-order valence-electron chi connectivity index (χ2n) is 4.13. The minimum atomic E-state index is 0.609. The van der Waals surface area contributed by atoms with Crippen LogP contribution in [0.1, 0.15) is 5.56 Å². The van der Waals surface area contributed by atoms with E-state index in [0.29, 0.717) is 6.61 Å². The van der Waals surface area contributed by atoms with E-state index in [1.165, 1.54) is 0 Å². The van der Waals surface area contributed by atoms with Crippen molar-refractivity contribution in [2.45, 2.75) is 6.92 Å². The molecule has 2 aromatic carbocycles. The van der Waals surface area contributed by atoms with Gasteiger partial charge in [-0.3, -0.25) is 0 Å². The van der Waals surface area contributed by atoms with E-state index >= 15 is 0 Å². The maximum atomic E-state index is 5.91. The molecule has 0 amide bonds. The fourth-order valence-electron chi connectivity index (χ4n) is 1.79. The molecular formula is C15H18N2O. The van der Waals surface area contributed by atoms with E-state index in [2.05, 4.69) is 5.32 Å². The Balaban J connectivity index is 1.82. The molecular weight excluding hydrogens is 224 g/mol. The van der Waals surface area contributed by atoms with Crippen LogP contribution in [0.5, 0.6) is 5.75 Å². The second-order valence-corrected chi connectivity index (χ2v) is 4.13. The summed E-state index contributed by atoms with van der Waals surface area (Å²) in [4.78, 5) is 0. The van der Waals surface area contributed by atoms with Gasteiger partial charge in [-0.25, -0.2) is 0 Å². The molecule has 0 bridgehead atoms. The highest BCUT2D eigenvalue weighted by Gasteiger charge is 2.01. The summed E-state index contributed by atoms with van der Waals surface area (Å²) in [7, 11) is 0. The third kappa shape index (κ3) is 3.17. The lowest BCUT2D eigenvalue weighted by Gasteiger charge is -2.12. The minimum Gasteiger partial charge on any atom is -0.492 e. The van der Waals surface area contributed by atoms with Crippen LogP contribution in [-0.4, -0.2) is 13.2 Å². The van der Waals surface area contributed by atoms with Crippen LogP contribution in [0.25, 0.3) is 0 Å². The van der Waals surface area contributed by atoms with E-state index in [-0.39, 0.29) is 0 Å². The Morgan fingerprint density at radius 1 is 1.06 bits per heavy atom. The van der Waals surface area contributed by atoms with Crippen LogP contribution in [0, 0.1) is 6.92 Å². The lowest BCUT2D eigenvalue weighted by Crippen LogP contribution is -2.13. The Morgan fingerprint density at radius 2 is 1.83 bits per heavy atom. The third-order valence-corrected chi connectivity index (χ3v) is 2.72. The summed E-state index contributed by atoms with van der Waals surface area (Å²) in [6.45, 7) is 3.37. The van der Waals surface area contributed by atoms with Crippen molar-refractivity contribution in [3.05, 3.63) is 54.1 Å². The fourth-order valence-corrected chi connectivity index (χ4v) is 1.79. The molecule has 3 N–H and O–H groups in total. The van der Waals surface area contributed by atoms with Crippen LogP contribution in [0.2, 0.25) is 0 Å². The normalized spacial score (nSPS) is 10.1. The Labute approximate surface area is 108 Å². The number of ether oxygens (including phenoxy) is 1. The Kier molecular flexibility index (Phi) is 4.07. The van der Waals surface area contributed by atoms with E-state index in [1.54, 1.807) is 0 Å². The van der Waals surface area contributed by atoms with Gasteiger partial charge in [-0.1, -0.05) is 30.3 Å². The zero-order chi connectivity index (χ0) is 12.8. The van der Waals surface area contributed by atoms with Crippen LogP contribution in [0.15, 0.2) is 48.5 Å². The number of rotatable bonds is 5. The predicted molar refractivity (Wildman–Crippen MR) is 76.0 cm³/mol. The zero-order valence-corrected chi connectivity index (χ0v) is 10.5. The Morgan fingerprint density at radius 3 is 2.56 bits per heavy atom. The number of nitrogens with one attached hydrogen (secondary N) is 1. The molecule has 0 aliphatic rings. The molecule has 0 spiro atoms. The highest BCUT2D eigenvalue weighted by Crippen LogP contribution is 2.21. The smallest absolute Gasteiger partial charge is 0.119 e. The SMILES string of the molecule is Cc1cccc(N)c1NCCOc1ccccc1. The van der Waals surface area contributed by atoms with Gasteiger partial charge < -0.3 is 15.8 Å². The average molecular weight is 242 g/mol.